The van der Waals surface area contributed by atoms with E-state index in [9.17, 15) is 14.0 Å². The van der Waals surface area contributed by atoms with Crippen LogP contribution in [0.5, 0.6) is 0 Å². The maximum atomic E-state index is 13.9. The summed E-state index contributed by atoms with van der Waals surface area (Å²) in [5.41, 5.74) is 1.51. The highest BCUT2D eigenvalue weighted by Crippen LogP contribution is 2.24. The van der Waals surface area contributed by atoms with Crippen molar-refractivity contribution in [2.24, 2.45) is 0 Å². The number of carbonyl (C=O) groups is 2. The molecule has 3 rings (SSSR count). The van der Waals surface area contributed by atoms with Crippen LogP contribution >= 0.6 is 11.6 Å². The molecule has 1 heterocycles. The van der Waals surface area contributed by atoms with Gasteiger partial charge in [0.15, 0.2) is 0 Å². The lowest BCUT2D eigenvalue weighted by molar-refractivity contribution is 0.0450. The number of ether oxygens (including phenoxy) is 2. The van der Waals surface area contributed by atoms with Crippen LogP contribution in [0, 0.1) is 12.7 Å². The van der Waals surface area contributed by atoms with E-state index in [2.05, 4.69) is 4.98 Å². The van der Waals surface area contributed by atoms with Gasteiger partial charge in [0.1, 0.15) is 12.4 Å². The molecule has 3 aromatic rings. The van der Waals surface area contributed by atoms with E-state index in [0.717, 1.165) is 11.5 Å². The third-order valence-corrected chi connectivity index (χ3v) is 4.34. The van der Waals surface area contributed by atoms with E-state index >= 15 is 0 Å². The first kappa shape index (κ1) is 18.8. The molecular weight excluding hydrogens is 373 g/mol. The minimum Gasteiger partial charge on any atom is -0.465 e. The number of rotatable bonds is 4. The number of fused-ring (bicyclic) bond motifs is 1. The van der Waals surface area contributed by atoms with Crippen molar-refractivity contribution in [3.05, 3.63) is 75.7 Å². The van der Waals surface area contributed by atoms with Gasteiger partial charge in [-0.1, -0.05) is 29.8 Å². The van der Waals surface area contributed by atoms with Crippen molar-refractivity contribution < 1.29 is 23.5 Å². The summed E-state index contributed by atoms with van der Waals surface area (Å²) in [6.07, 6.45) is 0. The highest BCUT2D eigenvalue weighted by molar-refractivity contribution is 6.30. The first-order chi connectivity index (χ1) is 12.9. The Labute approximate surface area is 159 Å². The molecule has 0 atom stereocenters. The molecule has 0 bridgehead atoms. The minimum atomic E-state index is -0.882. The zero-order valence-corrected chi connectivity index (χ0v) is 15.3. The van der Waals surface area contributed by atoms with Crippen molar-refractivity contribution in [3.8, 4) is 0 Å². The van der Waals surface area contributed by atoms with Crippen LogP contribution in [0.3, 0.4) is 0 Å². The van der Waals surface area contributed by atoms with E-state index in [1.165, 1.54) is 19.2 Å². The fourth-order valence-electron chi connectivity index (χ4n) is 2.78. The Morgan fingerprint density at radius 1 is 1.15 bits per heavy atom. The van der Waals surface area contributed by atoms with Gasteiger partial charge in [-0.2, -0.15) is 0 Å². The van der Waals surface area contributed by atoms with Crippen LogP contribution < -0.4 is 0 Å². The second-order valence-corrected chi connectivity index (χ2v) is 6.20. The molecule has 5 nitrogen and oxygen atoms in total. The van der Waals surface area contributed by atoms with Gasteiger partial charge in [0.2, 0.25) is 0 Å². The van der Waals surface area contributed by atoms with Gasteiger partial charge in [0.25, 0.3) is 0 Å². The van der Waals surface area contributed by atoms with Crippen molar-refractivity contribution in [1.82, 2.24) is 4.98 Å². The molecule has 0 saturated carbocycles. The molecule has 0 fully saturated rings. The third kappa shape index (κ3) is 3.75. The van der Waals surface area contributed by atoms with Crippen molar-refractivity contribution in [2.45, 2.75) is 13.5 Å². The van der Waals surface area contributed by atoms with Gasteiger partial charge in [-0.15, -0.1) is 0 Å². The fourth-order valence-corrected chi connectivity index (χ4v) is 2.94. The van der Waals surface area contributed by atoms with Crippen LogP contribution in [-0.2, 0) is 16.1 Å². The fraction of sp³-hybridized carbons (Fsp3) is 0.150. The Balaban J connectivity index is 1.96. The molecular formula is C20H15ClFNO4. The van der Waals surface area contributed by atoms with E-state index in [-0.39, 0.29) is 28.5 Å². The Bertz CT molecular complexity index is 1050. The van der Waals surface area contributed by atoms with Gasteiger partial charge in [-0.05, 0) is 36.8 Å². The summed E-state index contributed by atoms with van der Waals surface area (Å²) in [4.78, 5) is 28.8. The number of carbonyl (C=O) groups excluding carboxylic acids is 2. The Hall–Kier alpha value is -2.99. The highest BCUT2D eigenvalue weighted by Gasteiger charge is 2.21. The summed E-state index contributed by atoms with van der Waals surface area (Å²) in [7, 11) is 1.26. The van der Waals surface area contributed by atoms with Crippen molar-refractivity contribution in [3.63, 3.8) is 0 Å². The monoisotopic (exact) mass is 387 g/mol. The number of aromatic nitrogens is 1. The number of pyridine rings is 1. The molecule has 2 aromatic carbocycles. The van der Waals surface area contributed by atoms with Gasteiger partial charge in [0.05, 0.1) is 29.4 Å². The second-order valence-electron chi connectivity index (χ2n) is 5.77. The number of methoxy groups -OCH3 is 1. The lowest BCUT2D eigenvalue weighted by atomic mass is 10.0. The van der Waals surface area contributed by atoms with E-state index in [4.69, 9.17) is 21.1 Å². The summed E-state index contributed by atoms with van der Waals surface area (Å²) in [5.74, 6) is -2.26. The second kappa shape index (κ2) is 7.72. The molecule has 0 aliphatic heterocycles. The van der Waals surface area contributed by atoms with Crippen molar-refractivity contribution in [1.29, 1.82) is 0 Å². The lowest BCUT2D eigenvalue weighted by Gasteiger charge is -2.13. The number of aryl methyl sites for hydroxylation is 1. The van der Waals surface area contributed by atoms with Gasteiger partial charge >= 0.3 is 11.9 Å². The largest absolute Gasteiger partial charge is 0.465 e. The number of hydrogen-bond acceptors (Lipinski definition) is 5. The third-order valence-electron chi connectivity index (χ3n) is 4.11. The number of esters is 2. The number of halogens is 2. The van der Waals surface area contributed by atoms with E-state index in [1.807, 2.05) is 18.2 Å². The van der Waals surface area contributed by atoms with Gasteiger partial charge in [0, 0.05) is 10.4 Å². The summed E-state index contributed by atoms with van der Waals surface area (Å²) in [6, 6.07) is 10.9. The zero-order valence-electron chi connectivity index (χ0n) is 14.6. The number of benzene rings is 2. The first-order valence-electron chi connectivity index (χ1n) is 8.01. The maximum Gasteiger partial charge on any atom is 0.341 e. The smallest absolute Gasteiger partial charge is 0.341 e. The van der Waals surface area contributed by atoms with Crippen LogP contribution in [0.15, 0.2) is 42.5 Å². The quantitative estimate of drug-likeness (QED) is 0.617. The summed E-state index contributed by atoms with van der Waals surface area (Å²) in [5, 5.41) is 0.959. The van der Waals surface area contributed by atoms with E-state index in [0.29, 0.717) is 11.1 Å². The molecule has 0 saturated heterocycles. The lowest BCUT2D eigenvalue weighted by Crippen LogP contribution is -2.14. The van der Waals surface area contributed by atoms with Crippen LogP contribution in [0.25, 0.3) is 10.9 Å². The molecule has 0 aliphatic carbocycles. The Kier molecular flexibility index (Phi) is 5.37. The predicted octanol–water partition coefficient (Wildman–Crippen LogP) is 4.48. The molecule has 7 heteroatoms. The molecule has 0 aliphatic rings. The summed E-state index contributed by atoms with van der Waals surface area (Å²) < 4.78 is 23.9. The normalized spacial score (nSPS) is 10.7. The molecule has 0 amide bonds. The van der Waals surface area contributed by atoms with Crippen molar-refractivity contribution in [2.75, 3.05) is 7.11 Å². The summed E-state index contributed by atoms with van der Waals surface area (Å²) >= 11 is 5.69. The first-order valence-corrected chi connectivity index (χ1v) is 8.39. The minimum absolute atomic E-state index is 0.170. The number of nitrogens with zero attached hydrogens (tertiary/aromatic N) is 1. The summed E-state index contributed by atoms with van der Waals surface area (Å²) in [6.45, 7) is 1.46. The highest BCUT2D eigenvalue weighted by atomic mass is 35.5. The SMILES string of the molecule is COC(=O)c1c(COC(=O)c2ccc(Cl)cc2F)nc2ccccc2c1C. The van der Waals surface area contributed by atoms with Crippen LogP contribution in [-0.4, -0.2) is 24.0 Å². The standard InChI is InChI=1S/C20H15ClFNO4/c1-11-13-5-3-4-6-16(13)23-17(18(11)20(25)26-2)10-27-19(24)14-8-7-12(21)9-15(14)22/h3-9H,10H2,1-2H3. The van der Waals surface area contributed by atoms with Crippen molar-refractivity contribution >= 4 is 34.4 Å². The van der Waals surface area contributed by atoms with Crippen LogP contribution in [0.1, 0.15) is 32.0 Å². The zero-order chi connectivity index (χ0) is 19.6. The molecule has 27 heavy (non-hydrogen) atoms. The van der Waals surface area contributed by atoms with Gasteiger partial charge < -0.3 is 9.47 Å². The van der Waals surface area contributed by atoms with Crippen LogP contribution in [0.4, 0.5) is 4.39 Å². The van der Waals surface area contributed by atoms with Crippen LogP contribution in [0.2, 0.25) is 5.02 Å². The van der Waals surface area contributed by atoms with Gasteiger partial charge in [-0.3, -0.25) is 0 Å². The molecule has 0 spiro atoms. The average molecular weight is 388 g/mol. The van der Waals surface area contributed by atoms with E-state index < -0.39 is 17.8 Å². The topological polar surface area (TPSA) is 65.5 Å². The molecule has 0 N–H and O–H groups in total. The Morgan fingerprint density at radius 2 is 1.89 bits per heavy atom. The van der Waals surface area contributed by atoms with Gasteiger partial charge in [-0.25, -0.2) is 19.0 Å². The molecule has 0 unspecified atom stereocenters. The predicted molar refractivity (Wildman–Crippen MR) is 98.3 cm³/mol. The van der Waals surface area contributed by atoms with E-state index in [1.54, 1.807) is 13.0 Å². The molecule has 0 radical (unpaired) electrons. The number of para-hydroxylation sites is 1. The molecule has 138 valence electrons. The number of hydrogen-bond donors (Lipinski definition) is 0. The Morgan fingerprint density at radius 3 is 2.59 bits per heavy atom. The molecule has 1 aromatic heterocycles. The average Bonchev–Trinajstić information content (AvgIpc) is 2.65. The maximum absolute atomic E-state index is 13.9.